The minimum Gasteiger partial charge on any atom is -0.385 e. The number of aromatic nitrogens is 1. The van der Waals surface area contributed by atoms with Crippen LogP contribution in [0.3, 0.4) is 0 Å². The van der Waals surface area contributed by atoms with Crippen molar-refractivity contribution in [1.29, 1.82) is 0 Å². The molecule has 20 heavy (non-hydrogen) atoms. The van der Waals surface area contributed by atoms with Gasteiger partial charge < -0.3 is 15.4 Å². The highest BCUT2D eigenvalue weighted by molar-refractivity contribution is 5.99. The van der Waals surface area contributed by atoms with Crippen molar-refractivity contribution in [3.63, 3.8) is 0 Å². The molecule has 0 radical (unpaired) electrons. The lowest BCUT2D eigenvalue weighted by Crippen LogP contribution is -2.28. The zero-order valence-corrected chi connectivity index (χ0v) is 12.6. The Morgan fingerprint density at radius 1 is 1.40 bits per heavy atom. The number of hydrogen-bond donors (Lipinski definition) is 2. The van der Waals surface area contributed by atoms with Crippen molar-refractivity contribution in [2.24, 2.45) is 5.92 Å². The van der Waals surface area contributed by atoms with E-state index in [0.717, 1.165) is 25.3 Å². The van der Waals surface area contributed by atoms with E-state index in [-0.39, 0.29) is 5.91 Å². The Kier molecular flexibility index (Phi) is 7.65. The lowest BCUT2D eigenvalue weighted by Gasteiger charge is -2.11. The fraction of sp³-hybridized carbons (Fsp3) is 0.600. The van der Waals surface area contributed by atoms with Crippen LogP contribution in [0, 0.1) is 5.92 Å². The lowest BCUT2D eigenvalue weighted by molar-refractivity contribution is 0.0906. The number of carbonyl (C=O) groups excluding carboxylic acids is 1. The fourth-order valence-corrected chi connectivity index (χ4v) is 1.67. The molecular weight excluding hydrogens is 254 g/mol. The average molecular weight is 279 g/mol. The molecule has 0 aliphatic carbocycles. The highest BCUT2D eigenvalue weighted by Gasteiger charge is 2.10. The normalized spacial score (nSPS) is 10.6. The molecule has 0 aliphatic heterocycles. The third kappa shape index (κ3) is 6.02. The number of carbonyl (C=O) groups is 1. The molecule has 0 saturated carbocycles. The Bertz CT molecular complexity index is 408. The molecule has 1 amide bonds. The van der Waals surface area contributed by atoms with Gasteiger partial charge in [-0.05, 0) is 25.3 Å². The summed E-state index contributed by atoms with van der Waals surface area (Å²) in [6, 6.07) is 1.80. The highest BCUT2D eigenvalue weighted by atomic mass is 16.5. The summed E-state index contributed by atoms with van der Waals surface area (Å²) >= 11 is 0. The smallest absolute Gasteiger partial charge is 0.255 e. The first-order valence-corrected chi connectivity index (χ1v) is 7.19. The Morgan fingerprint density at radius 3 is 2.90 bits per heavy atom. The van der Waals surface area contributed by atoms with Crippen molar-refractivity contribution in [2.75, 3.05) is 31.6 Å². The summed E-state index contributed by atoms with van der Waals surface area (Å²) in [4.78, 5) is 16.0. The third-order valence-electron chi connectivity index (χ3n) is 2.80. The van der Waals surface area contributed by atoms with Crippen LogP contribution in [-0.4, -0.2) is 37.2 Å². The minimum absolute atomic E-state index is 0.124. The van der Waals surface area contributed by atoms with Crippen LogP contribution in [-0.2, 0) is 4.74 Å². The van der Waals surface area contributed by atoms with Crippen LogP contribution < -0.4 is 10.6 Å². The van der Waals surface area contributed by atoms with Gasteiger partial charge in [0.15, 0.2) is 0 Å². The number of pyridine rings is 1. The highest BCUT2D eigenvalue weighted by Crippen LogP contribution is 2.12. The van der Waals surface area contributed by atoms with Gasteiger partial charge in [-0.15, -0.1) is 0 Å². The van der Waals surface area contributed by atoms with Crippen molar-refractivity contribution >= 4 is 11.6 Å². The summed E-state index contributed by atoms with van der Waals surface area (Å²) in [6.45, 7) is 8.87. The van der Waals surface area contributed by atoms with E-state index in [1.54, 1.807) is 18.5 Å². The van der Waals surface area contributed by atoms with Gasteiger partial charge in [-0.2, -0.15) is 0 Å². The number of hydrogen-bond acceptors (Lipinski definition) is 4. The van der Waals surface area contributed by atoms with Crippen LogP contribution >= 0.6 is 0 Å². The molecule has 1 aromatic heterocycles. The van der Waals surface area contributed by atoms with Gasteiger partial charge in [-0.3, -0.25) is 9.78 Å². The van der Waals surface area contributed by atoms with E-state index >= 15 is 0 Å². The molecule has 0 aromatic carbocycles. The van der Waals surface area contributed by atoms with Crippen LogP contribution in [0.15, 0.2) is 18.5 Å². The van der Waals surface area contributed by atoms with E-state index in [1.165, 1.54) is 0 Å². The zero-order chi connectivity index (χ0) is 14.8. The number of anilines is 1. The van der Waals surface area contributed by atoms with Gasteiger partial charge >= 0.3 is 0 Å². The first-order valence-electron chi connectivity index (χ1n) is 7.19. The van der Waals surface area contributed by atoms with E-state index in [0.29, 0.717) is 24.6 Å². The maximum Gasteiger partial charge on any atom is 0.255 e. The van der Waals surface area contributed by atoms with Gasteiger partial charge in [0.05, 0.1) is 17.9 Å². The van der Waals surface area contributed by atoms with Crippen LogP contribution in [0.1, 0.15) is 37.6 Å². The Labute approximate surface area is 121 Å². The Morgan fingerprint density at radius 2 is 2.20 bits per heavy atom. The second-order valence-corrected chi connectivity index (χ2v) is 5.00. The first kappa shape index (κ1) is 16.4. The SMILES string of the molecule is CCNc1ccncc1C(=O)NCCOCCC(C)C. The summed E-state index contributed by atoms with van der Waals surface area (Å²) in [5.74, 6) is 0.518. The molecule has 5 heteroatoms. The summed E-state index contributed by atoms with van der Waals surface area (Å²) in [5.41, 5.74) is 1.37. The Hall–Kier alpha value is -1.62. The molecule has 2 N–H and O–H groups in total. The summed E-state index contributed by atoms with van der Waals surface area (Å²) in [6.07, 6.45) is 4.29. The van der Waals surface area contributed by atoms with Crippen molar-refractivity contribution in [3.8, 4) is 0 Å². The van der Waals surface area contributed by atoms with Gasteiger partial charge in [-0.25, -0.2) is 0 Å². The second-order valence-electron chi connectivity index (χ2n) is 5.00. The van der Waals surface area contributed by atoms with Crippen LogP contribution in [0.25, 0.3) is 0 Å². The molecule has 112 valence electrons. The second kappa shape index (κ2) is 9.31. The van der Waals surface area contributed by atoms with E-state index in [9.17, 15) is 4.79 Å². The Balaban J connectivity index is 2.32. The molecule has 0 saturated heterocycles. The number of nitrogens with zero attached hydrogens (tertiary/aromatic N) is 1. The molecule has 0 unspecified atom stereocenters. The molecule has 0 aliphatic rings. The summed E-state index contributed by atoms with van der Waals surface area (Å²) < 4.78 is 5.46. The fourth-order valence-electron chi connectivity index (χ4n) is 1.67. The van der Waals surface area contributed by atoms with Crippen LogP contribution in [0.4, 0.5) is 5.69 Å². The number of rotatable bonds is 9. The van der Waals surface area contributed by atoms with Crippen molar-refractivity contribution in [1.82, 2.24) is 10.3 Å². The predicted octanol–water partition coefficient (Wildman–Crippen LogP) is 2.31. The van der Waals surface area contributed by atoms with Gasteiger partial charge in [0.1, 0.15) is 0 Å². The van der Waals surface area contributed by atoms with Gasteiger partial charge in [0, 0.05) is 32.1 Å². The third-order valence-corrected chi connectivity index (χ3v) is 2.80. The molecule has 5 nitrogen and oxygen atoms in total. The molecular formula is C15H25N3O2. The lowest BCUT2D eigenvalue weighted by atomic mass is 10.1. The van der Waals surface area contributed by atoms with E-state index in [1.807, 2.05) is 6.92 Å². The largest absolute Gasteiger partial charge is 0.385 e. The van der Waals surface area contributed by atoms with E-state index < -0.39 is 0 Å². The topological polar surface area (TPSA) is 63.2 Å². The van der Waals surface area contributed by atoms with Crippen molar-refractivity contribution in [3.05, 3.63) is 24.0 Å². The monoisotopic (exact) mass is 279 g/mol. The van der Waals surface area contributed by atoms with Crippen LogP contribution in [0.5, 0.6) is 0 Å². The van der Waals surface area contributed by atoms with Crippen molar-refractivity contribution < 1.29 is 9.53 Å². The summed E-state index contributed by atoms with van der Waals surface area (Å²) in [5, 5.41) is 5.99. The molecule has 0 spiro atoms. The van der Waals surface area contributed by atoms with Gasteiger partial charge in [0.25, 0.3) is 5.91 Å². The molecule has 1 aromatic rings. The molecule has 0 bridgehead atoms. The molecule has 1 rings (SSSR count). The molecule has 1 heterocycles. The first-order chi connectivity index (χ1) is 9.65. The summed E-state index contributed by atoms with van der Waals surface area (Å²) in [7, 11) is 0. The standard InChI is InChI=1S/C15H25N3O2/c1-4-17-14-5-7-16-11-13(14)15(19)18-8-10-20-9-6-12(2)3/h5,7,11-12H,4,6,8-10H2,1-3H3,(H,16,17)(H,18,19). The van der Waals surface area contributed by atoms with Gasteiger partial charge in [-0.1, -0.05) is 13.8 Å². The number of ether oxygens (including phenoxy) is 1. The number of amides is 1. The zero-order valence-electron chi connectivity index (χ0n) is 12.6. The predicted molar refractivity (Wildman–Crippen MR) is 81.0 cm³/mol. The molecule has 0 atom stereocenters. The van der Waals surface area contributed by atoms with E-state index in [4.69, 9.17) is 4.74 Å². The minimum atomic E-state index is -0.124. The van der Waals surface area contributed by atoms with Gasteiger partial charge in [0.2, 0.25) is 0 Å². The number of nitrogens with one attached hydrogen (secondary N) is 2. The quantitative estimate of drug-likeness (QED) is 0.681. The van der Waals surface area contributed by atoms with Crippen molar-refractivity contribution in [2.45, 2.75) is 27.2 Å². The van der Waals surface area contributed by atoms with E-state index in [2.05, 4.69) is 29.5 Å². The maximum atomic E-state index is 12.0. The van der Waals surface area contributed by atoms with Crippen LogP contribution in [0.2, 0.25) is 0 Å². The molecule has 0 fully saturated rings. The average Bonchev–Trinajstić information content (AvgIpc) is 2.43. The maximum absolute atomic E-state index is 12.0.